The average molecular weight is 596 g/mol. The molecule has 2 aliphatic heterocycles. The lowest BCUT2D eigenvalue weighted by Crippen LogP contribution is -2.29. The van der Waals surface area contributed by atoms with E-state index in [0.29, 0.717) is 12.1 Å². The van der Waals surface area contributed by atoms with E-state index in [4.69, 9.17) is 0 Å². The Bertz CT molecular complexity index is 1320. The molecule has 7 nitrogen and oxygen atoms in total. The van der Waals surface area contributed by atoms with Crippen molar-refractivity contribution in [2.75, 3.05) is 50.1 Å². The monoisotopic (exact) mass is 595 g/mol. The smallest absolute Gasteiger partial charge is 0.115 e. The van der Waals surface area contributed by atoms with Crippen LogP contribution in [-0.2, 0) is 12.8 Å². The minimum absolute atomic E-state index is 0. The molecule has 6 heterocycles. The van der Waals surface area contributed by atoms with Crippen LogP contribution in [0.1, 0.15) is 68.5 Å². The summed E-state index contributed by atoms with van der Waals surface area (Å²) < 4.78 is 0. The fraction of sp³-hybridized carbons (Fsp3) is 0.469. The predicted octanol–water partition coefficient (Wildman–Crippen LogP) is 6.93. The number of fused-ring (bicyclic) bond motifs is 2. The summed E-state index contributed by atoms with van der Waals surface area (Å²) in [5.41, 5.74) is 6.42. The quantitative estimate of drug-likeness (QED) is 0.206. The number of hydrogen-bond acceptors (Lipinski definition) is 9. The van der Waals surface area contributed by atoms with Gasteiger partial charge in [0.1, 0.15) is 5.01 Å². The zero-order chi connectivity index (χ0) is 29.0. The molecule has 41 heavy (non-hydrogen) atoms. The Morgan fingerprint density at radius 2 is 1.41 bits per heavy atom. The van der Waals surface area contributed by atoms with Crippen LogP contribution in [0.2, 0.25) is 0 Å². The molecule has 0 aromatic carbocycles. The lowest BCUT2D eigenvalue weighted by atomic mass is 10.1. The molecular formula is C32H49N7S2. The van der Waals surface area contributed by atoms with E-state index in [-0.39, 0.29) is 2.85 Å². The fourth-order valence-corrected chi connectivity index (χ4v) is 7.39. The summed E-state index contributed by atoms with van der Waals surface area (Å²) in [5, 5.41) is 12.0. The van der Waals surface area contributed by atoms with Crippen molar-refractivity contribution in [3.63, 3.8) is 0 Å². The molecule has 2 aliphatic rings. The van der Waals surface area contributed by atoms with Gasteiger partial charge in [0.15, 0.2) is 0 Å². The van der Waals surface area contributed by atoms with Gasteiger partial charge in [-0.15, -0.1) is 22.7 Å². The number of aryl methyl sites for hydroxylation is 1. The Morgan fingerprint density at radius 3 is 1.93 bits per heavy atom. The lowest BCUT2D eigenvalue weighted by Gasteiger charge is -2.29. The number of hydrogen-bond donors (Lipinski definition) is 2. The highest BCUT2D eigenvalue weighted by Gasteiger charge is 2.29. The summed E-state index contributed by atoms with van der Waals surface area (Å²) in [6.45, 7) is 10.3. The molecule has 224 valence electrons. The van der Waals surface area contributed by atoms with Crippen molar-refractivity contribution in [1.82, 2.24) is 25.6 Å². The molecule has 0 aliphatic carbocycles. The highest BCUT2D eigenvalue weighted by atomic mass is 32.1. The largest absolute Gasteiger partial charge is 0.362 e. The molecule has 4 aromatic rings. The summed E-state index contributed by atoms with van der Waals surface area (Å²) >= 11 is 3.62. The van der Waals surface area contributed by atoms with Gasteiger partial charge in [-0.05, 0) is 88.2 Å². The molecule has 0 saturated heterocycles. The second-order valence-corrected chi connectivity index (χ2v) is 11.9. The SMILES string of the molecule is CC.CNCC[C@@H](c1nccs1)N1CCc2ncccc21.CNCC[C@H](c1cc(C)cs1)N1CCc2ncccc21.[HH].[HH]. The van der Waals surface area contributed by atoms with E-state index in [1.807, 2.05) is 70.0 Å². The molecule has 0 fully saturated rings. The Labute approximate surface area is 257 Å². The van der Waals surface area contributed by atoms with Gasteiger partial charge in [0.05, 0.1) is 34.8 Å². The third kappa shape index (κ3) is 7.71. The molecule has 2 N–H and O–H groups in total. The van der Waals surface area contributed by atoms with Crippen molar-refractivity contribution in [3.8, 4) is 0 Å². The Balaban J connectivity index is 0.000000272. The third-order valence-corrected chi connectivity index (χ3v) is 9.46. The van der Waals surface area contributed by atoms with Crippen LogP contribution in [-0.4, -0.2) is 55.2 Å². The third-order valence-electron chi connectivity index (χ3n) is 7.43. The summed E-state index contributed by atoms with van der Waals surface area (Å²) in [6.07, 6.45) is 9.98. The van der Waals surface area contributed by atoms with Crippen molar-refractivity contribution >= 4 is 34.0 Å². The Kier molecular flexibility index (Phi) is 12.1. The number of aromatic nitrogens is 3. The van der Waals surface area contributed by atoms with Crippen LogP contribution in [0.25, 0.3) is 0 Å². The summed E-state index contributed by atoms with van der Waals surface area (Å²) in [7, 11) is 4.02. The maximum absolute atomic E-state index is 4.52. The zero-order valence-electron chi connectivity index (χ0n) is 25.1. The first-order valence-corrected chi connectivity index (χ1v) is 16.6. The summed E-state index contributed by atoms with van der Waals surface area (Å²) in [4.78, 5) is 20.0. The highest BCUT2D eigenvalue weighted by molar-refractivity contribution is 7.10. The molecule has 0 unspecified atom stereocenters. The van der Waals surface area contributed by atoms with Crippen LogP contribution >= 0.6 is 22.7 Å². The number of anilines is 2. The van der Waals surface area contributed by atoms with Gasteiger partial charge in [0.25, 0.3) is 0 Å². The molecule has 0 bridgehead atoms. The van der Waals surface area contributed by atoms with E-state index in [1.54, 1.807) is 11.3 Å². The van der Waals surface area contributed by atoms with Crippen molar-refractivity contribution < 1.29 is 2.85 Å². The van der Waals surface area contributed by atoms with Gasteiger partial charge >= 0.3 is 0 Å². The number of thiazole rings is 1. The molecule has 6 rings (SSSR count). The van der Waals surface area contributed by atoms with Crippen LogP contribution in [0.15, 0.2) is 59.7 Å². The van der Waals surface area contributed by atoms with Gasteiger partial charge < -0.3 is 20.4 Å². The van der Waals surface area contributed by atoms with Gasteiger partial charge in [-0.2, -0.15) is 0 Å². The topological polar surface area (TPSA) is 69.2 Å². The molecule has 2 atom stereocenters. The number of nitrogens with zero attached hydrogens (tertiary/aromatic N) is 5. The average Bonchev–Trinajstić information content (AvgIpc) is 3.83. The predicted molar refractivity (Wildman–Crippen MR) is 180 cm³/mol. The van der Waals surface area contributed by atoms with Gasteiger partial charge in [0.2, 0.25) is 0 Å². The first-order valence-electron chi connectivity index (χ1n) is 14.8. The summed E-state index contributed by atoms with van der Waals surface area (Å²) in [5.74, 6) is 0. The van der Waals surface area contributed by atoms with Gasteiger partial charge in [-0.25, -0.2) is 4.98 Å². The minimum atomic E-state index is 0. The second-order valence-electron chi connectivity index (χ2n) is 10.0. The number of rotatable bonds is 10. The van der Waals surface area contributed by atoms with E-state index in [1.165, 1.54) is 38.2 Å². The van der Waals surface area contributed by atoms with Crippen LogP contribution in [0.5, 0.6) is 0 Å². The van der Waals surface area contributed by atoms with E-state index < -0.39 is 0 Å². The molecule has 0 saturated carbocycles. The maximum atomic E-state index is 4.52. The lowest BCUT2D eigenvalue weighted by molar-refractivity contribution is 0.566. The Hall–Kier alpha value is -2.85. The first-order chi connectivity index (χ1) is 20.2. The second kappa shape index (κ2) is 16.0. The van der Waals surface area contributed by atoms with E-state index in [9.17, 15) is 0 Å². The van der Waals surface area contributed by atoms with E-state index in [2.05, 4.69) is 71.3 Å². The van der Waals surface area contributed by atoms with E-state index in [0.717, 1.165) is 51.9 Å². The number of thiophene rings is 1. The van der Waals surface area contributed by atoms with Gasteiger partial charge in [0, 0.05) is 57.6 Å². The standard InChI is InChI=1S/C16H21N3S.C14H18N4S.C2H6.2H2/c1-12-10-16(20-11-12)15(5-8-17-2)19-9-6-13-14(19)4-3-7-18-13;1-15-7-4-13(14-17-8-10-19-14)18-9-5-11-12(18)3-2-6-16-11;1-2;;/h3-4,7,10-11,15,17H,5-6,8-9H2,1-2H3;2-3,6,8,10,13,15H,4-5,7,9H2,1H3;1-2H3;2*1H/t15-;13-;;;/m10.../s1. The normalized spacial score (nSPS) is 14.9. The molecule has 9 heteroatoms. The van der Waals surface area contributed by atoms with Crippen LogP contribution in [0.3, 0.4) is 0 Å². The maximum Gasteiger partial charge on any atom is 0.115 e. The summed E-state index contributed by atoms with van der Waals surface area (Å²) in [6, 6.07) is 11.6. The molecule has 0 radical (unpaired) electrons. The van der Waals surface area contributed by atoms with Gasteiger partial charge in [-0.1, -0.05) is 13.8 Å². The van der Waals surface area contributed by atoms with Crippen molar-refractivity contribution in [1.29, 1.82) is 0 Å². The minimum Gasteiger partial charge on any atom is -0.362 e. The molecule has 4 aromatic heterocycles. The Morgan fingerprint density at radius 1 is 0.829 bits per heavy atom. The number of pyridine rings is 2. The number of nitrogens with one attached hydrogen (secondary N) is 2. The van der Waals surface area contributed by atoms with Crippen molar-refractivity contribution in [2.45, 2.75) is 58.5 Å². The van der Waals surface area contributed by atoms with Crippen LogP contribution < -0.4 is 20.4 Å². The van der Waals surface area contributed by atoms with Gasteiger partial charge in [-0.3, -0.25) is 9.97 Å². The highest BCUT2D eigenvalue weighted by Crippen LogP contribution is 2.38. The first kappa shape index (κ1) is 31.1. The molecule has 0 amide bonds. The zero-order valence-corrected chi connectivity index (χ0v) is 26.8. The van der Waals surface area contributed by atoms with Crippen LogP contribution in [0.4, 0.5) is 11.4 Å². The van der Waals surface area contributed by atoms with Crippen molar-refractivity contribution in [2.24, 2.45) is 0 Å². The fourth-order valence-electron chi connectivity index (χ4n) is 5.56. The van der Waals surface area contributed by atoms with E-state index >= 15 is 0 Å². The molecular weight excluding hydrogens is 547 g/mol. The van der Waals surface area contributed by atoms with Crippen LogP contribution in [0, 0.1) is 6.92 Å². The van der Waals surface area contributed by atoms with Crippen molar-refractivity contribution in [3.05, 3.63) is 86.5 Å². The molecule has 0 spiro atoms.